The van der Waals surface area contributed by atoms with Gasteiger partial charge in [0, 0.05) is 32.8 Å². The monoisotopic (exact) mass is 216 g/mol. The van der Waals surface area contributed by atoms with E-state index in [1.807, 2.05) is 0 Å². The Hall–Kier alpha value is -0.160. The van der Waals surface area contributed by atoms with Crippen molar-refractivity contribution in [1.29, 1.82) is 0 Å². The molecule has 4 nitrogen and oxygen atoms in total. The molecule has 0 aromatic carbocycles. The number of rotatable bonds is 6. The Morgan fingerprint density at radius 3 is 3.00 bits per heavy atom. The van der Waals surface area contributed by atoms with Gasteiger partial charge in [0.25, 0.3) is 0 Å². The van der Waals surface area contributed by atoms with Gasteiger partial charge in [-0.2, -0.15) is 0 Å². The highest BCUT2D eigenvalue weighted by molar-refractivity contribution is 4.79. The van der Waals surface area contributed by atoms with Crippen LogP contribution in [0, 0.1) is 0 Å². The van der Waals surface area contributed by atoms with Crippen molar-refractivity contribution in [3.63, 3.8) is 0 Å². The number of likely N-dealkylation sites (tertiary alicyclic amines) is 1. The van der Waals surface area contributed by atoms with E-state index in [4.69, 9.17) is 9.84 Å². The summed E-state index contributed by atoms with van der Waals surface area (Å²) in [5.41, 5.74) is 0. The summed E-state index contributed by atoms with van der Waals surface area (Å²) in [7, 11) is 3.85. The van der Waals surface area contributed by atoms with Crippen molar-refractivity contribution in [3.05, 3.63) is 0 Å². The van der Waals surface area contributed by atoms with Crippen LogP contribution in [0.1, 0.15) is 12.8 Å². The SMILES string of the molecule is COCCN1CCCC(N(C)CCO)C1. The van der Waals surface area contributed by atoms with Crippen LogP contribution in [0.5, 0.6) is 0 Å². The number of likely N-dealkylation sites (N-methyl/N-ethyl adjacent to an activating group) is 1. The second-order valence-corrected chi connectivity index (χ2v) is 4.29. The standard InChI is InChI=1S/C11H24N2O2/c1-12(6-8-14)11-4-3-5-13(10-11)7-9-15-2/h11,14H,3-10H2,1-2H3. The Labute approximate surface area is 92.8 Å². The van der Waals surface area contributed by atoms with Gasteiger partial charge in [-0.1, -0.05) is 0 Å². The smallest absolute Gasteiger partial charge is 0.0589 e. The maximum Gasteiger partial charge on any atom is 0.0589 e. The lowest BCUT2D eigenvalue weighted by molar-refractivity contribution is 0.0795. The minimum atomic E-state index is 0.255. The van der Waals surface area contributed by atoms with Crippen molar-refractivity contribution in [3.8, 4) is 0 Å². The maximum absolute atomic E-state index is 8.90. The van der Waals surface area contributed by atoms with Crippen LogP contribution in [0.25, 0.3) is 0 Å². The predicted octanol–water partition coefficient (Wildman–Crippen LogP) is 0.0213. The first-order valence-corrected chi connectivity index (χ1v) is 5.80. The lowest BCUT2D eigenvalue weighted by Crippen LogP contribution is -2.47. The molecule has 0 aliphatic carbocycles. The number of nitrogens with zero attached hydrogens (tertiary/aromatic N) is 2. The summed E-state index contributed by atoms with van der Waals surface area (Å²) in [6.45, 7) is 5.18. The fourth-order valence-corrected chi connectivity index (χ4v) is 2.15. The van der Waals surface area contributed by atoms with Gasteiger partial charge in [-0.3, -0.25) is 9.80 Å². The van der Waals surface area contributed by atoms with E-state index in [9.17, 15) is 0 Å². The summed E-state index contributed by atoms with van der Waals surface area (Å²) in [5.74, 6) is 0. The molecule has 1 atom stereocenters. The molecule has 15 heavy (non-hydrogen) atoms. The van der Waals surface area contributed by atoms with E-state index in [1.165, 1.54) is 19.4 Å². The number of aliphatic hydroxyl groups is 1. The molecule has 0 aromatic rings. The zero-order chi connectivity index (χ0) is 11.1. The van der Waals surface area contributed by atoms with Gasteiger partial charge in [0.05, 0.1) is 13.2 Å². The molecule has 0 radical (unpaired) electrons. The highest BCUT2D eigenvalue weighted by atomic mass is 16.5. The summed E-state index contributed by atoms with van der Waals surface area (Å²) < 4.78 is 5.09. The molecule has 1 rings (SSSR count). The first-order valence-electron chi connectivity index (χ1n) is 5.80. The molecule has 0 aromatic heterocycles. The van der Waals surface area contributed by atoms with E-state index in [1.54, 1.807) is 7.11 Å². The van der Waals surface area contributed by atoms with Gasteiger partial charge in [0.1, 0.15) is 0 Å². The van der Waals surface area contributed by atoms with Crippen LogP contribution < -0.4 is 0 Å². The molecule has 1 heterocycles. The average Bonchev–Trinajstić information content (AvgIpc) is 2.27. The molecule has 0 amide bonds. The normalized spacial score (nSPS) is 23.6. The van der Waals surface area contributed by atoms with E-state index in [2.05, 4.69) is 16.8 Å². The Morgan fingerprint density at radius 2 is 2.33 bits per heavy atom. The molecule has 1 unspecified atom stereocenters. The van der Waals surface area contributed by atoms with Crippen LogP contribution in [0.15, 0.2) is 0 Å². The number of hydrogen-bond donors (Lipinski definition) is 1. The third kappa shape index (κ3) is 4.47. The van der Waals surface area contributed by atoms with E-state index in [0.717, 1.165) is 26.2 Å². The number of piperidine rings is 1. The van der Waals surface area contributed by atoms with Gasteiger partial charge in [0.15, 0.2) is 0 Å². The number of aliphatic hydroxyl groups excluding tert-OH is 1. The summed E-state index contributed by atoms with van der Waals surface area (Å²) in [6.07, 6.45) is 2.50. The molecule has 4 heteroatoms. The largest absolute Gasteiger partial charge is 0.395 e. The lowest BCUT2D eigenvalue weighted by atomic mass is 10.0. The van der Waals surface area contributed by atoms with Crippen molar-refractivity contribution >= 4 is 0 Å². The van der Waals surface area contributed by atoms with Crippen molar-refractivity contribution in [2.45, 2.75) is 18.9 Å². The van der Waals surface area contributed by atoms with Gasteiger partial charge in [0.2, 0.25) is 0 Å². The van der Waals surface area contributed by atoms with Gasteiger partial charge in [-0.25, -0.2) is 0 Å². The molecule has 1 saturated heterocycles. The Kier molecular flexibility index (Phi) is 6.17. The topological polar surface area (TPSA) is 35.9 Å². The molecular formula is C11H24N2O2. The van der Waals surface area contributed by atoms with Crippen molar-refractivity contribution in [1.82, 2.24) is 9.80 Å². The second-order valence-electron chi connectivity index (χ2n) is 4.29. The Bertz CT molecular complexity index is 167. The molecule has 0 spiro atoms. The lowest BCUT2D eigenvalue weighted by Gasteiger charge is -2.37. The number of ether oxygens (including phenoxy) is 1. The maximum atomic E-state index is 8.90. The third-order valence-electron chi connectivity index (χ3n) is 3.17. The van der Waals surface area contributed by atoms with E-state index in [-0.39, 0.29) is 6.61 Å². The van der Waals surface area contributed by atoms with Gasteiger partial charge >= 0.3 is 0 Å². The Balaban J connectivity index is 2.28. The van der Waals surface area contributed by atoms with Crippen LogP contribution in [-0.2, 0) is 4.74 Å². The Morgan fingerprint density at radius 1 is 1.53 bits per heavy atom. The molecule has 1 fully saturated rings. The zero-order valence-electron chi connectivity index (χ0n) is 9.98. The molecule has 1 aliphatic heterocycles. The molecule has 0 saturated carbocycles. The predicted molar refractivity (Wildman–Crippen MR) is 61.1 cm³/mol. The highest BCUT2D eigenvalue weighted by Gasteiger charge is 2.22. The van der Waals surface area contributed by atoms with Gasteiger partial charge in [-0.15, -0.1) is 0 Å². The first-order chi connectivity index (χ1) is 7.27. The fourth-order valence-electron chi connectivity index (χ4n) is 2.15. The van der Waals surface area contributed by atoms with E-state index >= 15 is 0 Å². The molecule has 90 valence electrons. The van der Waals surface area contributed by atoms with Crippen molar-refractivity contribution < 1.29 is 9.84 Å². The molecule has 1 N–H and O–H groups in total. The second kappa shape index (κ2) is 7.17. The van der Waals surface area contributed by atoms with Crippen LogP contribution in [0.2, 0.25) is 0 Å². The minimum absolute atomic E-state index is 0.255. The molecular weight excluding hydrogens is 192 g/mol. The van der Waals surface area contributed by atoms with Crippen LogP contribution in [-0.4, -0.2) is 74.5 Å². The summed E-state index contributed by atoms with van der Waals surface area (Å²) >= 11 is 0. The van der Waals surface area contributed by atoms with E-state index in [0.29, 0.717) is 6.04 Å². The summed E-state index contributed by atoms with van der Waals surface area (Å²) in [6, 6.07) is 0.600. The molecule has 1 aliphatic rings. The zero-order valence-corrected chi connectivity index (χ0v) is 9.98. The highest BCUT2D eigenvalue weighted by Crippen LogP contribution is 2.14. The first kappa shape index (κ1) is 12.9. The van der Waals surface area contributed by atoms with Gasteiger partial charge in [-0.05, 0) is 26.4 Å². The van der Waals surface area contributed by atoms with Crippen molar-refractivity contribution in [2.75, 3.05) is 53.6 Å². The number of hydrogen-bond acceptors (Lipinski definition) is 4. The fraction of sp³-hybridized carbons (Fsp3) is 1.00. The number of methoxy groups -OCH3 is 1. The van der Waals surface area contributed by atoms with Crippen LogP contribution in [0.3, 0.4) is 0 Å². The van der Waals surface area contributed by atoms with E-state index < -0.39 is 0 Å². The summed E-state index contributed by atoms with van der Waals surface area (Å²) in [4.78, 5) is 4.71. The average molecular weight is 216 g/mol. The van der Waals surface area contributed by atoms with Gasteiger partial charge < -0.3 is 9.84 Å². The third-order valence-corrected chi connectivity index (χ3v) is 3.17. The minimum Gasteiger partial charge on any atom is -0.395 e. The summed E-state index contributed by atoms with van der Waals surface area (Å²) in [5, 5.41) is 8.90. The van der Waals surface area contributed by atoms with Crippen LogP contribution in [0.4, 0.5) is 0 Å². The molecule has 0 bridgehead atoms. The quantitative estimate of drug-likeness (QED) is 0.679. The van der Waals surface area contributed by atoms with Crippen LogP contribution >= 0.6 is 0 Å². The van der Waals surface area contributed by atoms with Crippen molar-refractivity contribution in [2.24, 2.45) is 0 Å².